The molecule has 0 saturated carbocycles. The molecule has 2 aromatic rings. The summed E-state index contributed by atoms with van der Waals surface area (Å²) in [7, 11) is 0. The van der Waals surface area contributed by atoms with Gasteiger partial charge in [0.05, 0.1) is 0 Å². The van der Waals surface area contributed by atoms with Crippen LogP contribution in [0.25, 0.3) is 0 Å². The number of halogens is 1. The van der Waals surface area contributed by atoms with E-state index in [9.17, 15) is 0 Å². The minimum Gasteiger partial charge on any atom is -0.382 e. The second-order valence-electron chi connectivity index (χ2n) is 4.44. The second kappa shape index (κ2) is 8.07. The molecule has 0 radical (unpaired) electrons. The zero-order valence-corrected chi connectivity index (χ0v) is 13.3. The molecule has 5 heteroatoms. The van der Waals surface area contributed by atoms with Crippen LogP contribution in [-0.2, 0) is 17.8 Å². The van der Waals surface area contributed by atoms with E-state index in [-0.39, 0.29) is 0 Å². The second-order valence-corrected chi connectivity index (χ2v) is 5.29. The predicted octanol–water partition coefficient (Wildman–Crippen LogP) is 3.68. The van der Waals surface area contributed by atoms with E-state index in [1.165, 1.54) is 5.56 Å². The van der Waals surface area contributed by atoms with E-state index in [1.54, 1.807) is 0 Å². The van der Waals surface area contributed by atoms with Gasteiger partial charge in [-0.15, -0.1) is 0 Å². The first-order chi connectivity index (χ1) is 9.81. The van der Waals surface area contributed by atoms with Crippen LogP contribution < -0.4 is 5.32 Å². The zero-order valence-electron chi connectivity index (χ0n) is 11.7. The number of benzene rings is 1. The van der Waals surface area contributed by atoms with Crippen molar-refractivity contribution in [2.45, 2.75) is 26.4 Å². The van der Waals surface area contributed by atoms with Crippen molar-refractivity contribution in [3.8, 4) is 0 Å². The highest BCUT2D eigenvalue weighted by Gasteiger charge is 2.03. The van der Waals surface area contributed by atoms with Gasteiger partial charge in [0.1, 0.15) is 0 Å². The molecular weight excluding hydrogens is 318 g/mol. The van der Waals surface area contributed by atoms with Crippen LogP contribution in [0.1, 0.15) is 18.9 Å². The van der Waals surface area contributed by atoms with Crippen LogP contribution in [0.2, 0.25) is 0 Å². The van der Waals surface area contributed by atoms with Gasteiger partial charge in [0, 0.05) is 43.2 Å². The number of aromatic nitrogens is 2. The highest BCUT2D eigenvalue weighted by Crippen LogP contribution is 2.17. The van der Waals surface area contributed by atoms with Crippen molar-refractivity contribution >= 4 is 21.9 Å². The molecule has 0 amide bonds. The lowest BCUT2D eigenvalue weighted by Crippen LogP contribution is -2.09. The van der Waals surface area contributed by atoms with E-state index in [0.29, 0.717) is 0 Å². The maximum Gasteiger partial charge on any atom is 0.203 e. The van der Waals surface area contributed by atoms with E-state index in [4.69, 9.17) is 4.74 Å². The summed E-state index contributed by atoms with van der Waals surface area (Å²) in [6.07, 6.45) is 4.81. The van der Waals surface area contributed by atoms with Gasteiger partial charge in [-0.05, 0) is 25.0 Å². The summed E-state index contributed by atoms with van der Waals surface area (Å²) in [5.74, 6) is 0.900. The Morgan fingerprint density at radius 2 is 2.20 bits per heavy atom. The van der Waals surface area contributed by atoms with E-state index in [1.807, 2.05) is 37.5 Å². The average Bonchev–Trinajstić information content (AvgIpc) is 2.90. The Labute approximate surface area is 128 Å². The molecule has 1 aromatic carbocycles. The van der Waals surface area contributed by atoms with Crippen molar-refractivity contribution < 1.29 is 4.74 Å². The van der Waals surface area contributed by atoms with Crippen LogP contribution in [0.4, 0.5) is 5.95 Å². The largest absolute Gasteiger partial charge is 0.382 e. The van der Waals surface area contributed by atoms with Gasteiger partial charge in [-0.1, -0.05) is 34.1 Å². The van der Waals surface area contributed by atoms with Gasteiger partial charge in [0.25, 0.3) is 0 Å². The molecule has 2 rings (SSSR count). The third-order valence-electron chi connectivity index (χ3n) is 3.00. The van der Waals surface area contributed by atoms with Crippen molar-refractivity contribution in [3.63, 3.8) is 0 Å². The van der Waals surface area contributed by atoms with Gasteiger partial charge in [-0.2, -0.15) is 0 Å². The molecule has 0 bridgehead atoms. The first-order valence-electron chi connectivity index (χ1n) is 6.87. The van der Waals surface area contributed by atoms with Crippen molar-refractivity contribution in [2.24, 2.45) is 0 Å². The monoisotopic (exact) mass is 337 g/mol. The van der Waals surface area contributed by atoms with E-state index < -0.39 is 0 Å². The SMILES string of the molecule is CCOCCCn1ccnc1NCc1ccccc1Br. The average molecular weight is 338 g/mol. The summed E-state index contributed by atoms with van der Waals surface area (Å²) >= 11 is 3.55. The van der Waals surface area contributed by atoms with Crippen molar-refractivity contribution in [3.05, 3.63) is 46.7 Å². The maximum absolute atomic E-state index is 5.36. The fourth-order valence-electron chi connectivity index (χ4n) is 1.95. The Morgan fingerprint density at radius 3 is 3.00 bits per heavy atom. The molecule has 0 aliphatic heterocycles. The third kappa shape index (κ3) is 4.35. The van der Waals surface area contributed by atoms with Crippen molar-refractivity contribution in [2.75, 3.05) is 18.5 Å². The van der Waals surface area contributed by atoms with Crippen LogP contribution in [0.5, 0.6) is 0 Å². The summed E-state index contributed by atoms with van der Waals surface area (Å²) in [6, 6.07) is 8.20. The minimum atomic E-state index is 0.754. The summed E-state index contributed by atoms with van der Waals surface area (Å²) in [4.78, 5) is 4.36. The Morgan fingerprint density at radius 1 is 1.35 bits per heavy atom. The summed E-state index contributed by atoms with van der Waals surface area (Å²) in [6.45, 7) is 5.25. The van der Waals surface area contributed by atoms with Gasteiger partial charge in [-0.25, -0.2) is 4.98 Å². The first kappa shape index (κ1) is 15.1. The Hall–Kier alpha value is -1.33. The van der Waals surface area contributed by atoms with Gasteiger partial charge in [0.2, 0.25) is 5.95 Å². The Bertz CT molecular complexity index is 527. The number of aryl methyl sites for hydroxylation is 1. The molecule has 1 heterocycles. The minimum absolute atomic E-state index is 0.754. The lowest BCUT2D eigenvalue weighted by atomic mass is 10.2. The lowest BCUT2D eigenvalue weighted by Gasteiger charge is -2.10. The van der Waals surface area contributed by atoms with Gasteiger partial charge >= 0.3 is 0 Å². The number of hydrogen-bond donors (Lipinski definition) is 1. The molecule has 0 saturated heterocycles. The molecular formula is C15H20BrN3O. The van der Waals surface area contributed by atoms with Crippen molar-refractivity contribution in [1.82, 2.24) is 9.55 Å². The first-order valence-corrected chi connectivity index (χ1v) is 7.66. The van der Waals surface area contributed by atoms with Crippen LogP contribution in [-0.4, -0.2) is 22.8 Å². The van der Waals surface area contributed by atoms with Crippen LogP contribution in [0.3, 0.4) is 0 Å². The van der Waals surface area contributed by atoms with Crippen LogP contribution in [0.15, 0.2) is 41.1 Å². The normalized spacial score (nSPS) is 10.7. The van der Waals surface area contributed by atoms with Crippen LogP contribution >= 0.6 is 15.9 Å². The number of hydrogen-bond acceptors (Lipinski definition) is 3. The lowest BCUT2D eigenvalue weighted by molar-refractivity contribution is 0.142. The van der Waals surface area contributed by atoms with Gasteiger partial charge < -0.3 is 14.6 Å². The molecule has 1 N–H and O–H groups in total. The van der Waals surface area contributed by atoms with Gasteiger partial charge in [-0.3, -0.25) is 0 Å². The van der Waals surface area contributed by atoms with Crippen molar-refractivity contribution in [1.29, 1.82) is 0 Å². The van der Waals surface area contributed by atoms with E-state index in [2.05, 4.69) is 36.9 Å². The summed E-state index contributed by atoms with van der Waals surface area (Å²) in [5, 5.41) is 3.37. The number of nitrogens with zero attached hydrogens (tertiary/aromatic N) is 2. The molecule has 0 unspecified atom stereocenters. The molecule has 0 spiro atoms. The predicted molar refractivity (Wildman–Crippen MR) is 84.8 cm³/mol. The fraction of sp³-hybridized carbons (Fsp3) is 0.400. The molecule has 0 fully saturated rings. The van der Waals surface area contributed by atoms with E-state index in [0.717, 1.165) is 43.1 Å². The number of nitrogens with one attached hydrogen (secondary N) is 1. The highest BCUT2D eigenvalue weighted by atomic mass is 79.9. The molecule has 0 atom stereocenters. The third-order valence-corrected chi connectivity index (χ3v) is 3.78. The summed E-state index contributed by atoms with van der Waals surface area (Å²) in [5.41, 5.74) is 1.22. The molecule has 1 aromatic heterocycles. The number of anilines is 1. The quantitative estimate of drug-likeness (QED) is 0.746. The summed E-state index contributed by atoms with van der Waals surface area (Å²) < 4.78 is 8.59. The highest BCUT2D eigenvalue weighted by molar-refractivity contribution is 9.10. The smallest absolute Gasteiger partial charge is 0.203 e. The molecule has 0 aliphatic rings. The Balaban J connectivity index is 1.87. The maximum atomic E-state index is 5.36. The van der Waals surface area contributed by atoms with Gasteiger partial charge in [0.15, 0.2) is 0 Å². The molecule has 4 nitrogen and oxygen atoms in total. The standard InChI is InChI=1S/C15H20BrN3O/c1-2-20-11-5-9-19-10-8-17-15(19)18-12-13-6-3-4-7-14(13)16/h3-4,6-8,10H,2,5,9,11-12H2,1H3,(H,17,18). The Kier molecular flexibility index (Phi) is 6.08. The number of imidazole rings is 1. The van der Waals surface area contributed by atoms with Crippen LogP contribution in [0, 0.1) is 0 Å². The topological polar surface area (TPSA) is 39.1 Å². The zero-order chi connectivity index (χ0) is 14.2. The molecule has 20 heavy (non-hydrogen) atoms. The fourth-order valence-corrected chi connectivity index (χ4v) is 2.38. The number of rotatable bonds is 8. The molecule has 0 aliphatic carbocycles. The number of ether oxygens (including phenoxy) is 1. The van der Waals surface area contributed by atoms with E-state index >= 15 is 0 Å². The molecule has 108 valence electrons.